The lowest BCUT2D eigenvalue weighted by atomic mass is 10.1. The second kappa shape index (κ2) is 18.5. The first-order chi connectivity index (χ1) is 12.5. The Morgan fingerprint density at radius 3 is 1.54 bits per heavy atom. The third-order valence-electron chi connectivity index (χ3n) is 5.53. The summed E-state index contributed by atoms with van der Waals surface area (Å²) in [7, 11) is -0.804. The summed E-state index contributed by atoms with van der Waals surface area (Å²) >= 11 is 0. The molecule has 0 aliphatic rings. The molecular formula is C23H50O2Si. The average molecular weight is 387 g/mol. The lowest BCUT2D eigenvalue weighted by molar-refractivity contribution is 0.0186. The van der Waals surface area contributed by atoms with Crippen molar-refractivity contribution in [2.75, 3.05) is 19.8 Å². The van der Waals surface area contributed by atoms with Crippen LogP contribution in [-0.2, 0) is 9.47 Å². The maximum atomic E-state index is 5.59. The molecule has 2 nitrogen and oxygen atoms in total. The molecule has 158 valence electrons. The molecule has 0 fully saturated rings. The van der Waals surface area contributed by atoms with Crippen molar-refractivity contribution < 1.29 is 9.47 Å². The van der Waals surface area contributed by atoms with Gasteiger partial charge in [0.05, 0.1) is 19.3 Å². The van der Waals surface area contributed by atoms with Crippen LogP contribution in [-0.4, -0.2) is 34.0 Å². The fourth-order valence-electron chi connectivity index (χ4n) is 3.20. The van der Waals surface area contributed by atoms with E-state index in [1.807, 2.05) is 0 Å². The largest absolute Gasteiger partial charge is 0.379 e. The maximum Gasteiger partial charge on any atom is 0.0703 e. The smallest absolute Gasteiger partial charge is 0.0703 e. The molecule has 26 heavy (non-hydrogen) atoms. The molecule has 0 bridgehead atoms. The predicted octanol–water partition coefficient (Wildman–Crippen LogP) is 7.84. The third kappa shape index (κ3) is 20.4. The monoisotopic (exact) mass is 386 g/mol. The topological polar surface area (TPSA) is 18.5 Å². The molecule has 0 heterocycles. The SMILES string of the molecule is CC[Si](C)(C)CCCCCCCCCCCCCCOCCOC(C)C. The Morgan fingerprint density at radius 1 is 0.615 bits per heavy atom. The van der Waals surface area contributed by atoms with E-state index in [-0.39, 0.29) is 0 Å². The van der Waals surface area contributed by atoms with Crippen LogP contribution in [0.5, 0.6) is 0 Å². The molecule has 3 heteroatoms. The van der Waals surface area contributed by atoms with Gasteiger partial charge in [-0.1, -0.05) is 103 Å². The minimum Gasteiger partial charge on any atom is -0.379 e. The quantitative estimate of drug-likeness (QED) is 0.157. The lowest BCUT2D eigenvalue weighted by Gasteiger charge is -2.19. The number of rotatable bonds is 20. The van der Waals surface area contributed by atoms with E-state index in [1.54, 1.807) is 6.04 Å². The number of ether oxygens (including phenoxy) is 2. The van der Waals surface area contributed by atoms with Crippen molar-refractivity contribution in [3.05, 3.63) is 0 Å². The summed E-state index contributed by atoms with van der Waals surface area (Å²) in [6, 6.07) is 2.99. The molecule has 0 aromatic rings. The molecule has 0 spiro atoms. The van der Waals surface area contributed by atoms with E-state index in [4.69, 9.17) is 9.47 Å². The van der Waals surface area contributed by atoms with Crippen LogP contribution < -0.4 is 0 Å². The van der Waals surface area contributed by atoms with Crippen LogP contribution in [0.2, 0.25) is 25.2 Å². The van der Waals surface area contributed by atoms with Gasteiger partial charge in [0, 0.05) is 14.7 Å². The Labute approximate surface area is 166 Å². The molecular weight excluding hydrogens is 336 g/mol. The zero-order valence-corrected chi connectivity index (χ0v) is 19.9. The number of hydrogen-bond acceptors (Lipinski definition) is 2. The highest BCUT2D eigenvalue weighted by molar-refractivity contribution is 6.77. The van der Waals surface area contributed by atoms with E-state index in [2.05, 4.69) is 33.9 Å². The second-order valence-corrected chi connectivity index (χ2v) is 14.6. The number of unbranched alkanes of at least 4 members (excludes halogenated alkanes) is 11. The van der Waals surface area contributed by atoms with Crippen LogP contribution in [0.3, 0.4) is 0 Å². The van der Waals surface area contributed by atoms with Gasteiger partial charge in [-0.25, -0.2) is 0 Å². The summed E-state index contributed by atoms with van der Waals surface area (Å²) in [4.78, 5) is 0. The lowest BCUT2D eigenvalue weighted by Crippen LogP contribution is -2.22. The van der Waals surface area contributed by atoms with Gasteiger partial charge < -0.3 is 9.47 Å². The first-order valence-electron chi connectivity index (χ1n) is 11.7. The Hall–Kier alpha value is 0.137. The zero-order valence-electron chi connectivity index (χ0n) is 18.9. The van der Waals surface area contributed by atoms with E-state index in [1.165, 1.54) is 83.1 Å². The van der Waals surface area contributed by atoms with E-state index in [0.29, 0.717) is 6.10 Å². The van der Waals surface area contributed by atoms with E-state index >= 15 is 0 Å². The second-order valence-electron chi connectivity index (χ2n) is 9.04. The van der Waals surface area contributed by atoms with Crippen molar-refractivity contribution in [2.24, 2.45) is 0 Å². The summed E-state index contributed by atoms with van der Waals surface area (Å²) in [5.74, 6) is 0. The van der Waals surface area contributed by atoms with Gasteiger partial charge in [-0.05, 0) is 20.3 Å². The molecule has 0 aliphatic heterocycles. The molecule has 0 atom stereocenters. The predicted molar refractivity (Wildman–Crippen MR) is 120 cm³/mol. The first-order valence-corrected chi connectivity index (χ1v) is 15.1. The molecule has 0 unspecified atom stereocenters. The van der Waals surface area contributed by atoms with Crippen molar-refractivity contribution in [3.63, 3.8) is 0 Å². The van der Waals surface area contributed by atoms with Crippen molar-refractivity contribution in [1.29, 1.82) is 0 Å². The van der Waals surface area contributed by atoms with Gasteiger partial charge in [-0.3, -0.25) is 0 Å². The summed E-state index contributed by atoms with van der Waals surface area (Å²) in [5, 5.41) is 0. The first kappa shape index (κ1) is 26.1. The fourth-order valence-corrected chi connectivity index (χ4v) is 4.76. The van der Waals surface area contributed by atoms with Crippen molar-refractivity contribution >= 4 is 8.07 Å². The third-order valence-corrected chi connectivity index (χ3v) is 9.15. The standard InChI is InChI=1S/C23H50O2Si/c1-6-26(4,5)22-18-16-14-12-10-8-7-9-11-13-15-17-19-24-20-21-25-23(2)3/h23H,6-22H2,1-5H3. The molecule has 0 saturated carbocycles. The van der Waals surface area contributed by atoms with Crippen LogP contribution in [0.4, 0.5) is 0 Å². The number of hydrogen-bond donors (Lipinski definition) is 0. The minimum atomic E-state index is -0.804. The molecule has 0 rings (SSSR count). The van der Waals surface area contributed by atoms with Gasteiger partial charge in [-0.2, -0.15) is 0 Å². The normalized spacial score (nSPS) is 12.2. The maximum absolute atomic E-state index is 5.59. The Morgan fingerprint density at radius 2 is 1.08 bits per heavy atom. The van der Waals surface area contributed by atoms with Crippen molar-refractivity contribution in [3.8, 4) is 0 Å². The van der Waals surface area contributed by atoms with E-state index in [0.717, 1.165) is 19.8 Å². The van der Waals surface area contributed by atoms with Crippen LogP contribution in [0, 0.1) is 0 Å². The summed E-state index contributed by atoms with van der Waals surface area (Å²) in [6.45, 7) is 14.0. The van der Waals surface area contributed by atoms with E-state index in [9.17, 15) is 0 Å². The summed E-state index contributed by atoms with van der Waals surface area (Å²) < 4.78 is 11.0. The minimum absolute atomic E-state index is 0.318. The molecule has 0 aliphatic carbocycles. The highest BCUT2D eigenvalue weighted by Crippen LogP contribution is 2.19. The molecule has 0 saturated heterocycles. The molecule has 0 amide bonds. The van der Waals surface area contributed by atoms with Gasteiger partial charge in [0.15, 0.2) is 0 Å². The van der Waals surface area contributed by atoms with Crippen molar-refractivity contribution in [1.82, 2.24) is 0 Å². The zero-order chi connectivity index (χ0) is 19.5. The van der Waals surface area contributed by atoms with Gasteiger partial charge in [0.25, 0.3) is 0 Å². The average Bonchev–Trinajstić information content (AvgIpc) is 2.60. The van der Waals surface area contributed by atoms with Gasteiger partial charge >= 0.3 is 0 Å². The molecule has 0 aromatic heterocycles. The highest BCUT2D eigenvalue weighted by atomic mass is 28.3. The summed E-state index contributed by atoms with van der Waals surface area (Å²) in [6.07, 6.45) is 17.3. The highest BCUT2D eigenvalue weighted by Gasteiger charge is 2.16. The Bertz CT molecular complexity index is 279. The van der Waals surface area contributed by atoms with Crippen molar-refractivity contribution in [2.45, 2.75) is 129 Å². The van der Waals surface area contributed by atoms with Crippen LogP contribution >= 0.6 is 0 Å². The molecule has 0 N–H and O–H groups in total. The van der Waals surface area contributed by atoms with E-state index < -0.39 is 8.07 Å². The molecule has 0 aromatic carbocycles. The van der Waals surface area contributed by atoms with Crippen LogP contribution in [0.1, 0.15) is 97.8 Å². The molecule has 0 radical (unpaired) electrons. The van der Waals surface area contributed by atoms with Gasteiger partial charge in [0.1, 0.15) is 0 Å². The Kier molecular flexibility index (Phi) is 18.6. The van der Waals surface area contributed by atoms with Crippen LogP contribution in [0.15, 0.2) is 0 Å². The van der Waals surface area contributed by atoms with Gasteiger partial charge in [0.2, 0.25) is 0 Å². The fraction of sp³-hybridized carbons (Fsp3) is 1.00. The van der Waals surface area contributed by atoms with Crippen LogP contribution in [0.25, 0.3) is 0 Å². The summed E-state index contributed by atoms with van der Waals surface area (Å²) in [5.41, 5.74) is 0. The Balaban J connectivity index is 3.07. The van der Waals surface area contributed by atoms with Gasteiger partial charge in [-0.15, -0.1) is 0 Å².